The molecule has 0 N–H and O–H groups in total. The standard InChI is InChI=1S/C14H17BrO4/c1-3-19-13(16)7-5-10-4-6-12(15)8-11(10)9-14(17)18-2/h4,6,8H,3,5,7,9H2,1-2H3. The van der Waals surface area contributed by atoms with Crippen LogP contribution in [0.4, 0.5) is 0 Å². The lowest BCUT2D eigenvalue weighted by Gasteiger charge is -2.09. The van der Waals surface area contributed by atoms with E-state index in [-0.39, 0.29) is 18.4 Å². The van der Waals surface area contributed by atoms with Gasteiger partial charge >= 0.3 is 11.9 Å². The molecule has 0 saturated heterocycles. The normalized spacial score (nSPS) is 10.1. The summed E-state index contributed by atoms with van der Waals surface area (Å²) in [5.74, 6) is -0.523. The van der Waals surface area contributed by atoms with Crippen molar-refractivity contribution in [2.45, 2.75) is 26.2 Å². The van der Waals surface area contributed by atoms with Crippen molar-refractivity contribution in [3.8, 4) is 0 Å². The molecule has 0 aromatic heterocycles. The molecular formula is C14H17BrO4. The number of methoxy groups -OCH3 is 1. The van der Waals surface area contributed by atoms with E-state index in [0.717, 1.165) is 15.6 Å². The van der Waals surface area contributed by atoms with E-state index in [2.05, 4.69) is 20.7 Å². The molecule has 0 fully saturated rings. The summed E-state index contributed by atoms with van der Waals surface area (Å²) in [6, 6.07) is 5.67. The third-order valence-corrected chi connectivity index (χ3v) is 3.13. The van der Waals surface area contributed by atoms with E-state index < -0.39 is 0 Å². The number of benzene rings is 1. The van der Waals surface area contributed by atoms with Gasteiger partial charge in [0.15, 0.2) is 0 Å². The summed E-state index contributed by atoms with van der Waals surface area (Å²) in [6.45, 7) is 2.16. The Morgan fingerprint density at radius 2 is 1.95 bits per heavy atom. The van der Waals surface area contributed by atoms with Crippen LogP contribution in [0.15, 0.2) is 22.7 Å². The van der Waals surface area contributed by atoms with E-state index in [9.17, 15) is 9.59 Å². The fourth-order valence-electron chi connectivity index (χ4n) is 1.70. The number of aryl methyl sites for hydroxylation is 1. The van der Waals surface area contributed by atoms with Crippen LogP contribution in [0.1, 0.15) is 24.5 Å². The number of carbonyl (C=O) groups excluding carboxylic acids is 2. The molecule has 0 radical (unpaired) electrons. The van der Waals surface area contributed by atoms with Crippen molar-refractivity contribution in [1.82, 2.24) is 0 Å². The fourth-order valence-corrected chi connectivity index (χ4v) is 2.11. The summed E-state index contributed by atoms with van der Waals surface area (Å²) >= 11 is 3.37. The van der Waals surface area contributed by atoms with Crippen LogP contribution in [0.3, 0.4) is 0 Å². The molecular weight excluding hydrogens is 312 g/mol. The SMILES string of the molecule is CCOC(=O)CCc1ccc(Br)cc1CC(=O)OC. The van der Waals surface area contributed by atoms with Crippen LogP contribution in [-0.4, -0.2) is 25.7 Å². The van der Waals surface area contributed by atoms with Gasteiger partial charge in [0.2, 0.25) is 0 Å². The van der Waals surface area contributed by atoms with Gasteiger partial charge in [-0.2, -0.15) is 0 Å². The van der Waals surface area contributed by atoms with Crippen molar-refractivity contribution in [1.29, 1.82) is 0 Å². The number of carbonyl (C=O) groups is 2. The summed E-state index contributed by atoms with van der Waals surface area (Å²) in [4.78, 5) is 22.7. The highest BCUT2D eigenvalue weighted by molar-refractivity contribution is 9.10. The zero-order chi connectivity index (χ0) is 14.3. The maximum Gasteiger partial charge on any atom is 0.309 e. The Labute approximate surface area is 121 Å². The van der Waals surface area contributed by atoms with Gasteiger partial charge in [0.25, 0.3) is 0 Å². The predicted octanol–water partition coefficient (Wildman–Crippen LogP) is 2.66. The van der Waals surface area contributed by atoms with E-state index in [1.807, 2.05) is 18.2 Å². The van der Waals surface area contributed by atoms with Gasteiger partial charge < -0.3 is 9.47 Å². The molecule has 0 aliphatic heterocycles. The van der Waals surface area contributed by atoms with Gasteiger partial charge in [-0.25, -0.2) is 0 Å². The van der Waals surface area contributed by atoms with E-state index in [1.54, 1.807) is 6.92 Å². The third-order valence-electron chi connectivity index (χ3n) is 2.63. The Balaban J connectivity index is 2.76. The molecule has 0 spiro atoms. The topological polar surface area (TPSA) is 52.6 Å². The molecule has 0 aliphatic carbocycles. The predicted molar refractivity (Wildman–Crippen MR) is 74.8 cm³/mol. The number of esters is 2. The Hall–Kier alpha value is -1.36. The second kappa shape index (κ2) is 7.94. The van der Waals surface area contributed by atoms with Crippen molar-refractivity contribution in [3.63, 3.8) is 0 Å². The Morgan fingerprint density at radius 1 is 1.21 bits per heavy atom. The van der Waals surface area contributed by atoms with Crippen LogP contribution in [-0.2, 0) is 31.9 Å². The summed E-state index contributed by atoms with van der Waals surface area (Å²) < 4.78 is 10.5. The molecule has 1 aromatic rings. The molecule has 0 unspecified atom stereocenters. The average molecular weight is 329 g/mol. The molecule has 0 atom stereocenters. The Kier molecular flexibility index (Phi) is 6.56. The molecule has 0 amide bonds. The largest absolute Gasteiger partial charge is 0.469 e. The molecule has 19 heavy (non-hydrogen) atoms. The lowest BCUT2D eigenvalue weighted by Crippen LogP contribution is -2.09. The molecule has 1 rings (SSSR count). The highest BCUT2D eigenvalue weighted by Crippen LogP contribution is 2.19. The highest BCUT2D eigenvalue weighted by atomic mass is 79.9. The number of halogens is 1. The summed E-state index contributed by atoms with van der Waals surface area (Å²) in [6.07, 6.45) is 1.07. The first-order valence-electron chi connectivity index (χ1n) is 6.06. The van der Waals surface area contributed by atoms with Gasteiger partial charge in [-0.3, -0.25) is 9.59 Å². The van der Waals surface area contributed by atoms with Crippen LogP contribution in [0.5, 0.6) is 0 Å². The Bertz CT molecular complexity index is 457. The molecule has 104 valence electrons. The maximum atomic E-state index is 11.4. The van der Waals surface area contributed by atoms with Crippen LogP contribution in [0, 0.1) is 0 Å². The summed E-state index contributed by atoms with van der Waals surface area (Å²) in [7, 11) is 1.36. The maximum absolute atomic E-state index is 11.4. The van der Waals surface area contributed by atoms with E-state index in [1.165, 1.54) is 7.11 Å². The zero-order valence-corrected chi connectivity index (χ0v) is 12.7. The monoisotopic (exact) mass is 328 g/mol. The van der Waals surface area contributed by atoms with Crippen molar-refractivity contribution in [2.24, 2.45) is 0 Å². The fraction of sp³-hybridized carbons (Fsp3) is 0.429. The van der Waals surface area contributed by atoms with Gasteiger partial charge in [0.05, 0.1) is 20.1 Å². The second-order valence-electron chi connectivity index (χ2n) is 3.97. The molecule has 4 nitrogen and oxygen atoms in total. The lowest BCUT2D eigenvalue weighted by atomic mass is 10.0. The van der Waals surface area contributed by atoms with Gasteiger partial charge in [-0.15, -0.1) is 0 Å². The summed E-state index contributed by atoms with van der Waals surface area (Å²) in [5, 5.41) is 0. The molecule has 5 heteroatoms. The average Bonchev–Trinajstić information content (AvgIpc) is 2.38. The summed E-state index contributed by atoms with van der Waals surface area (Å²) in [5.41, 5.74) is 1.83. The molecule has 0 heterocycles. The van der Waals surface area contributed by atoms with E-state index in [4.69, 9.17) is 4.74 Å². The van der Waals surface area contributed by atoms with Gasteiger partial charge in [0.1, 0.15) is 0 Å². The minimum atomic E-state index is -0.296. The van der Waals surface area contributed by atoms with Crippen molar-refractivity contribution in [3.05, 3.63) is 33.8 Å². The third kappa shape index (κ3) is 5.42. The smallest absolute Gasteiger partial charge is 0.309 e. The molecule has 0 bridgehead atoms. The number of hydrogen-bond acceptors (Lipinski definition) is 4. The quantitative estimate of drug-likeness (QED) is 0.753. The minimum Gasteiger partial charge on any atom is -0.469 e. The van der Waals surface area contributed by atoms with Crippen LogP contribution < -0.4 is 0 Å². The van der Waals surface area contributed by atoms with Crippen molar-refractivity contribution in [2.75, 3.05) is 13.7 Å². The highest BCUT2D eigenvalue weighted by Gasteiger charge is 2.11. The first kappa shape index (κ1) is 15.7. The first-order valence-corrected chi connectivity index (χ1v) is 6.85. The first-order chi connectivity index (χ1) is 9.06. The molecule has 0 saturated carbocycles. The van der Waals surface area contributed by atoms with Gasteiger partial charge in [-0.1, -0.05) is 22.0 Å². The molecule has 1 aromatic carbocycles. The van der Waals surface area contributed by atoms with Crippen molar-refractivity contribution < 1.29 is 19.1 Å². The second-order valence-corrected chi connectivity index (χ2v) is 4.89. The van der Waals surface area contributed by atoms with E-state index in [0.29, 0.717) is 19.4 Å². The zero-order valence-electron chi connectivity index (χ0n) is 11.1. The van der Waals surface area contributed by atoms with Crippen LogP contribution in [0.25, 0.3) is 0 Å². The van der Waals surface area contributed by atoms with Gasteiger partial charge in [0, 0.05) is 10.9 Å². The minimum absolute atomic E-state index is 0.202. The number of ether oxygens (including phenoxy) is 2. The van der Waals surface area contributed by atoms with Crippen LogP contribution >= 0.6 is 15.9 Å². The van der Waals surface area contributed by atoms with E-state index >= 15 is 0 Å². The van der Waals surface area contributed by atoms with Crippen LogP contribution in [0.2, 0.25) is 0 Å². The number of rotatable bonds is 6. The molecule has 0 aliphatic rings. The number of hydrogen-bond donors (Lipinski definition) is 0. The van der Waals surface area contributed by atoms with Crippen molar-refractivity contribution >= 4 is 27.9 Å². The Morgan fingerprint density at radius 3 is 2.58 bits per heavy atom. The van der Waals surface area contributed by atoms with Gasteiger partial charge in [-0.05, 0) is 36.6 Å². The lowest BCUT2D eigenvalue weighted by molar-refractivity contribution is -0.143.